The molecule has 0 saturated carbocycles. The van der Waals surface area contributed by atoms with Crippen LogP contribution in [-0.4, -0.2) is 16.3 Å². The highest BCUT2D eigenvalue weighted by molar-refractivity contribution is 6.32. The standard InChI is InChI=1S/C13H20ClN3O/c1-5-7-17-12(18)11(14)10(8-16-17)15-9-13(3,4)6-2/h5,8,15H,1,6-7,9H2,2-4H3. The molecular formula is C13H20ClN3O. The second-order valence-electron chi connectivity index (χ2n) is 5.02. The van der Waals surface area contributed by atoms with E-state index in [1.54, 1.807) is 12.3 Å². The summed E-state index contributed by atoms with van der Waals surface area (Å²) in [6.45, 7) is 11.1. The summed E-state index contributed by atoms with van der Waals surface area (Å²) in [7, 11) is 0. The van der Waals surface area contributed by atoms with Gasteiger partial charge in [0.1, 0.15) is 5.02 Å². The SMILES string of the molecule is C=CCn1ncc(NCC(C)(C)CC)c(Cl)c1=O. The Bertz CT molecular complexity index is 480. The van der Waals surface area contributed by atoms with Gasteiger partial charge in [0.15, 0.2) is 0 Å². The van der Waals surface area contributed by atoms with Crippen molar-refractivity contribution in [1.29, 1.82) is 0 Å². The Labute approximate surface area is 113 Å². The molecule has 0 radical (unpaired) electrons. The summed E-state index contributed by atoms with van der Waals surface area (Å²) in [6.07, 6.45) is 4.23. The zero-order valence-electron chi connectivity index (χ0n) is 11.2. The normalized spacial score (nSPS) is 11.3. The molecule has 100 valence electrons. The van der Waals surface area contributed by atoms with Crippen LogP contribution in [-0.2, 0) is 6.54 Å². The second-order valence-corrected chi connectivity index (χ2v) is 5.40. The fourth-order valence-corrected chi connectivity index (χ4v) is 1.51. The number of anilines is 1. The Morgan fingerprint density at radius 1 is 1.61 bits per heavy atom. The summed E-state index contributed by atoms with van der Waals surface area (Å²) in [5.41, 5.74) is 0.443. The van der Waals surface area contributed by atoms with Gasteiger partial charge < -0.3 is 5.32 Å². The van der Waals surface area contributed by atoms with Gasteiger partial charge in [-0.15, -0.1) is 6.58 Å². The van der Waals surface area contributed by atoms with Crippen molar-refractivity contribution in [2.24, 2.45) is 5.41 Å². The number of hydrogen-bond donors (Lipinski definition) is 1. The summed E-state index contributed by atoms with van der Waals surface area (Å²) in [5.74, 6) is 0. The second kappa shape index (κ2) is 6.05. The van der Waals surface area contributed by atoms with Crippen LogP contribution >= 0.6 is 11.6 Å². The largest absolute Gasteiger partial charge is 0.382 e. The van der Waals surface area contributed by atoms with Gasteiger partial charge in [0.05, 0.1) is 18.4 Å². The first-order valence-corrected chi connectivity index (χ1v) is 6.39. The van der Waals surface area contributed by atoms with E-state index in [1.165, 1.54) is 4.68 Å². The van der Waals surface area contributed by atoms with Crippen LogP contribution in [0.2, 0.25) is 5.02 Å². The van der Waals surface area contributed by atoms with E-state index in [0.29, 0.717) is 12.2 Å². The minimum absolute atomic E-state index is 0.152. The van der Waals surface area contributed by atoms with E-state index in [9.17, 15) is 4.79 Å². The Kier molecular flexibility index (Phi) is 4.96. The summed E-state index contributed by atoms with van der Waals surface area (Å²) >= 11 is 6.04. The van der Waals surface area contributed by atoms with Gasteiger partial charge >= 0.3 is 0 Å². The number of hydrogen-bond acceptors (Lipinski definition) is 3. The Balaban J connectivity index is 2.89. The van der Waals surface area contributed by atoms with Gasteiger partial charge in [-0.1, -0.05) is 38.4 Å². The van der Waals surface area contributed by atoms with E-state index in [0.717, 1.165) is 13.0 Å². The first-order valence-electron chi connectivity index (χ1n) is 6.01. The van der Waals surface area contributed by atoms with Crippen LogP contribution in [0.25, 0.3) is 0 Å². The number of aromatic nitrogens is 2. The highest BCUT2D eigenvalue weighted by atomic mass is 35.5. The van der Waals surface area contributed by atoms with Gasteiger partial charge in [-0.05, 0) is 11.8 Å². The third kappa shape index (κ3) is 3.60. The fourth-order valence-electron chi connectivity index (χ4n) is 1.30. The lowest BCUT2D eigenvalue weighted by atomic mass is 9.90. The summed E-state index contributed by atoms with van der Waals surface area (Å²) in [5, 5.41) is 7.40. The quantitative estimate of drug-likeness (QED) is 0.808. The number of nitrogens with one attached hydrogen (secondary N) is 1. The van der Waals surface area contributed by atoms with Gasteiger partial charge in [0, 0.05) is 6.54 Å². The summed E-state index contributed by atoms with van der Waals surface area (Å²) in [4.78, 5) is 11.9. The summed E-state index contributed by atoms with van der Waals surface area (Å²) < 4.78 is 1.28. The van der Waals surface area contributed by atoms with Crippen LogP contribution < -0.4 is 10.9 Å². The van der Waals surface area contributed by atoms with Crippen molar-refractivity contribution in [3.63, 3.8) is 0 Å². The first kappa shape index (κ1) is 14.8. The van der Waals surface area contributed by atoms with E-state index in [4.69, 9.17) is 11.6 Å². The molecule has 0 bridgehead atoms. The zero-order valence-corrected chi connectivity index (χ0v) is 11.9. The minimum atomic E-state index is -0.295. The maximum Gasteiger partial charge on any atom is 0.287 e. The maximum atomic E-state index is 11.9. The Hall–Kier alpha value is -1.29. The van der Waals surface area contributed by atoms with Gasteiger partial charge in [-0.3, -0.25) is 4.79 Å². The number of rotatable bonds is 6. The molecule has 0 aromatic carbocycles. The maximum absolute atomic E-state index is 11.9. The van der Waals surface area contributed by atoms with Crippen molar-refractivity contribution in [3.8, 4) is 0 Å². The van der Waals surface area contributed by atoms with Gasteiger partial charge in [-0.2, -0.15) is 5.10 Å². The fraction of sp³-hybridized carbons (Fsp3) is 0.538. The van der Waals surface area contributed by atoms with Crippen LogP contribution in [0.4, 0.5) is 5.69 Å². The van der Waals surface area contributed by atoms with Crippen molar-refractivity contribution in [2.45, 2.75) is 33.7 Å². The predicted octanol–water partition coefficient (Wildman–Crippen LogP) is 2.93. The molecule has 1 rings (SSSR count). The topological polar surface area (TPSA) is 46.9 Å². The lowest BCUT2D eigenvalue weighted by Crippen LogP contribution is -2.26. The molecule has 1 N–H and O–H groups in total. The van der Waals surface area contributed by atoms with Crippen LogP contribution in [0.5, 0.6) is 0 Å². The Morgan fingerprint density at radius 2 is 2.28 bits per heavy atom. The molecule has 0 fully saturated rings. The van der Waals surface area contributed by atoms with Crippen LogP contribution in [0, 0.1) is 5.41 Å². The highest BCUT2D eigenvalue weighted by Crippen LogP contribution is 2.22. The number of halogens is 1. The third-order valence-corrected chi connectivity index (χ3v) is 3.37. The molecule has 0 saturated heterocycles. The van der Waals surface area contributed by atoms with Gasteiger partial charge in [0.25, 0.3) is 5.56 Å². The van der Waals surface area contributed by atoms with E-state index in [-0.39, 0.29) is 16.0 Å². The third-order valence-electron chi connectivity index (χ3n) is 3.00. The molecule has 0 spiro atoms. The molecule has 4 nitrogen and oxygen atoms in total. The van der Waals surface area contributed by atoms with Crippen molar-refractivity contribution >= 4 is 17.3 Å². The lowest BCUT2D eigenvalue weighted by Gasteiger charge is -2.23. The minimum Gasteiger partial charge on any atom is -0.382 e. The molecule has 18 heavy (non-hydrogen) atoms. The molecule has 5 heteroatoms. The van der Waals surface area contributed by atoms with Crippen molar-refractivity contribution < 1.29 is 0 Å². The van der Waals surface area contributed by atoms with Crippen LogP contribution in [0.15, 0.2) is 23.6 Å². The predicted molar refractivity (Wildman–Crippen MR) is 76.3 cm³/mol. The van der Waals surface area contributed by atoms with Crippen molar-refractivity contribution in [3.05, 3.63) is 34.2 Å². The average Bonchev–Trinajstić information content (AvgIpc) is 2.34. The highest BCUT2D eigenvalue weighted by Gasteiger charge is 2.16. The average molecular weight is 270 g/mol. The van der Waals surface area contributed by atoms with E-state index in [2.05, 4.69) is 37.8 Å². The molecule has 1 aromatic heterocycles. The van der Waals surface area contributed by atoms with Gasteiger partial charge in [-0.25, -0.2) is 4.68 Å². The molecular weight excluding hydrogens is 250 g/mol. The van der Waals surface area contributed by atoms with Crippen molar-refractivity contribution in [2.75, 3.05) is 11.9 Å². The zero-order chi connectivity index (χ0) is 13.8. The number of nitrogens with zero attached hydrogens (tertiary/aromatic N) is 2. The van der Waals surface area contributed by atoms with E-state index < -0.39 is 0 Å². The Morgan fingerprint density at radius 3 is 2.83 bits per heavy atom. The molecule has 0 unspecified atom stereocenters. The van der Waals surface area contributed by atoms with E-state index in [1.807, 2.05) is 0 Å². The van der Waals surface area contributed by atoms with Gasteiger partial charge in [0.2, 0.25) is 0 Å². The monoisotopic (exact) mass is 269 g/mol. The van der Waals surface area contributed by atoms with E-state index >= 15 is 0 Å². The van der Waals surface area contributed by atoms with Crippen LogP contribution in [0.3, 0.4) is 0 Å². The van der Waals surface area contributed by atoms with Crippen molar-refractivity contribution in [1.82, 2.24) is 9.78 Å². The molecule has 1 aromatic rings. The molecule has 1 heterocycles. The molecule has 0 amide bonds. The number of allylic oxidation sites excluding steroid dienone is 1. The first-order chi connectivity index (χ1) is 8.41. The van der Waals surface area contributed by atoms with Crippen LogP contribution in [0.1, 0.15) is 27.2 Å². The molecule has 0 aliphatic rings. The smallest absolute Gasteiger partial charge is 0.287 e. The molecule has 0 aliphatic carbocycles. The molecule has 0 aliphatic heterocycles. The summed E-state index contributed by atoms with van der Waals surface area (Å²) in [6, 6.07) is 0. The lowest BCUT2D eigenvalue weighted by molar-refractivity contribution is 0.377. The molecule has 0 atom stereocenters.